The summed E-state index contributed by atoms with van der Waals surface area (Å²) in [4.78, 5) is 22.3. The molecule has 0 radical (unpaired) electrons. The van der Waals surface area contributed by atoms with Crippen LogP contribution >= 0.6 is 0 Å². The van der Waals surface area contributed by atoms with Crippen molar-refractivity contribution < 1.29 is 32.4 Å². The average molecular weight is 267 g/mol. The molecular weight excluding hydrogens is 254 g/mol. The second-order valence-electron chi connectivity index (χ2n) is 3.79. The van der Waals surface area contributed by atoms with E-state index in [-0.39, 0.29) is 19.4 Å². The first-order valence-electron chi connectivity index (χ1n) is 4.81. The van der Waals surface area contributed by atoms with Crippen molar-refractivity contribution in [3.05, 3.63) is 0 Å². The van der Waals surface area contributed by atoms with Gasteiger partial charge in [-0.3, -0.25) is 9.08 Å². The van der Waals surface area contributed by atoms with E-state index in [2.05, 4.69) is 4.18 Å². The molecule has 0 aromatic carbocycles. The minimum Gasteiger partial charge on any atom is -0.480 e. The summed E-state index contributed by atoms with van der Waals surface area (Å²) in [5.41, 5.74) is 0. The number of carbonyl (C=O) groups is 2. The molecule has 0 aromatic heterocycles. The second kappa shape index (κ2) is 4.88. The summed E-state index contributed by atoms with van der Waals surface area (Å²) in [6.45, 7) is -0.265. The van der Waals surface area contributed by atoms with E-state index in [1.54, 1.807) is 0 Å². The van der Waals surface area contributed by atoms with Crippen molar-refractivity contribution in [3.8, 4) is 0 Å². The van der Waals surface area contributed by atoms with Gasteiger partial charge in [0, 0.05) is 0 Å². The zero-order valence-corrected chi connectivity index (χ0v) is 9.88. The lowest BCUT2D eigenvalue weighted by molar-refractivity contribution is -0.144. The lowest BCUT2D eigenvalue weighted by Gasteiger charge is -2.34. The molecule has 0 aliphatic carbocycles. The third-order valence-corrected chi connectivity index (χ3v) is 3.00. The first-order valence-corrected chi connectivity index (χ1v) is 6.63. The topological polar surface area (TPSA) is 121 Å². The van der Waals surface area contributed by atoms with Crippen molar-refractivity contribution in [2.75, 3.05) is 12.8 Å². The Kier molecular flexibility index (Phi) is 3.94. The summed E-state index contributed by atoms with van der Waals surface area (Å²) < 4.78 is 26.4. The molecule has 1 amide bonds. The molecular formula is C8H13NO7S. The van der Waals surface area contributed by atoms with Crippen molar-refractivity contribution in [1.82, 2.24) is 4.90 Å². The van der Waals surface area contributed by atoms with Gasteiger partial charge in [0.05, 0.1) is 18.9 Å². The predicted octanol–water partition coefficient (Wildman–Crippen LogP) is -0.442. The van der Waals surface area contributed by atoms with Crippen molar-refractivity contribution in [1.29, 1.82) is 0 Å². The first kappa shape index (κ1) is 13.7. The van der Waals surface area contributed by atoms with Crippen molar-refractivity contribution in [3.63, 3.8) is 0 Å². The maximum Gasteiger partial charge on any atom is 0.408 e. The molecule has 0 unspecified atom stereocenters. The van der Waals surface area contributed by atoms with Gasteiger partial charge >= 0.3 is 12.1 Å². The van der Waals surface area contributed by atoms with Gasteiger partial charge in [-0.15, -0.1) is 0 Å². The summed E-state index contributed by atoms with van der Waals surface area (Å²) in [5.74, 6) is -1.25. The van der Waals surface area contributed by atoms with Crippen LogP contribution in [-0.4, -0.2) is 60.5 Å². The lowest BCUT2D eigenvalue weighted by atomic mass is 10.0. The van der Waals surface area contributed by atoms with Crippen molar-refractivity contribution in [2.45, 2.75) is 25.0 Å². The monoisotopic (exact) mass is 267 g/mol. The van der Waals surface area contributed by atoms with Gasteiger partial charge in [0.1, 0.15) is 6.04 Å². The zero-order valence-electron chi connectivity index (χ0n) is 9.07. The van der Waals surface area contributed by atoms with Gasteiger partial charge in [0.25, 0.3) is 10.1 Å². The fourth-order valence-corrected chi connectivity index (χ4v) is 2.38. The molecule has 1 rings (SSSR count). The molecule has 2 atom stereocenters. The van der Waals surface area contributed by atoms with E-state index in [1.807, 2.05) is 0 Å². The maximum absolute atomic E-state index is 10.9. The normalized spacial score (nSPS) is 25.6. The molecule has 8 nitrogen and oxygen atoms in total. The number of hydrogen-bond donors (Lipinski definition) is 2. The number of nitrogens with zero attached hydrogens (tertiary/aromatic N) is 1. The van der Waals surface area contributed by atoms with Crippen LogP contribution in [0.3, 0.4) is 0 Å². The van der Waals surface area contributed by atoms with E-state index >= 15 is 0 Å². The minimum absolute atomic E-state index is 0.0296. The van der Waals surface area contributed by atoms with Gasteiger partial charge in [-0.1, -0.05) is 0 Å². The van der Waals surface area contributed by atoms with Crippen LogP contribution in [0.15, 0.2) is 0 Å². The Morgan fingerprint density at radius 3 is 2.29 bits per heavy atom. The third kappa shape index (κ3) is 3.86. The smallest absolute Gasteiger partial charge is 0.408 e. The van der Waals surface area contributed by atoms with E-state index in [4.69, 9.17) is 10.2 Å². The number of likely N-dealkylation sites (tertiary alicyclic amines) is 1. The largest absolute Gasteiger partial charge is 0.480 e. The SMILES string of the molecule is CS(=O)(=O)O[C@@H]1CC[C@H](C(=O)O)N(C(=O)O)C1. The molecule has 17 heavy (non-hydrogen) atoms. The quantitative estimate of drug-likeness (QED) is 0.664. The number of carboxylic acids is 1. The average Bonchev–Trinajstić information content (AvgIpc) is 2.14. The van der Waals surface area contributed by atoms with Gasteiger partial charge < -0.3 is 10.2 Å². The van der Waals surface area contributed by atoms with Gasteiger partial charge in [0.2, 0.25) is 0 Å². The molecule has 0 saturated carbocycles. The molecule has 1 heterocycles. The first-order chi connectivity index (χ1) is 7.70. The molecule has 9 heteroatoms. The molecule has 0 bridgehead atoms. The maximum atomic E-state index is 10.9. The summed E-state index contributed by atoms with van der Waals surface area (Å²) in [6, 6.07) is -1.15. The highest BCUT2D eigenvalue weighted by atomic mass is 32.2. The highest BCUT2D eigenvalue weighted by Crippen LogP contribution is 2.21. The van der Waals surface area contributed by atoms with Gasteiger partial charge in [0.15, 0.2) is 0 Å². The van der Waals surface area contributed by atoms with Crippen LogP contribution in [0.5, 0.6) is 0 Å². The van der Waals surface area contributed by atoms with E-state index < -0.39 is 34.3 Å². The Labute approximate surface area is 97.9 Å². The van der Waals surface area contributed by atoms with Crippen LogP contribution in [0.1, 0.15) is 12.8 Å². The summed E-state index contributed by atoms with van der Waals surface area (Å²) in [5, 5.41) is 17.6. The van der Waals surface area contributed by atoms with Crippen LogP contribution in [0.2, 0.25) is 0 Å². The second-order valence-corrected chi connectivity index (χ2v) is 5.39. The zero-order chi connectivity index (χ0) is 13.2. The molecule has 1 fully saturated rings. The summed E-state index contributed by atoms with van der Waals surface area (Å²) in [6.07, 6.45) is -1.15. The van der Waals surface area contributed by atoms with Gasteiger partial charge in [-0.25, -0.2) is 9.59 Å². The number of amides is 1. The molecule has 1 aliphatic rings. The van der Waals surface area contributed by atoms with Crippen LogP contribution in [-0.2, 0) is 19.1 Å². The van der Waals surface area contributed by atoms with Gasteiger partial charge in [-0.05, 0) is 12.8 Å². The fourth-order valence-electron chi connectivity index (χ4n) is 1.73. The number of aliphatic carboxylic acids is 1. The van der Waals surface area contributed by atoms with Crippen molar-refractivity contribution in [2.24, 2.45) is 0 Å². The van der Waals surface area contributed by atoms with Crippen LogP contribution in [0, 0.1) is 0 Å². The van der Waals surface area contributed by atoms with Gasteiger partial charge in [-0.2, -0.15) is 8.42 Å². The number of carboxylic acid groups (broad SMARTS) is 2. The fraction of sp³-hybridized carbons (Fsp3) is 0.750. The van der Waals surface area contributed by atoms with Crippen molar-refractivity contribution >= 4 is 22.2 Å². The Morgan fingerprint density at radius 2 is 1.88 bits per heavy atom. The lowest BCUT2D eigenvalue weighted by Crippen LogP contribution is -2.52. The van der Waals surface area contributed by atoms with E-state index in [0.29, 0.717) is 4.90 Å². The molecule has 0 spiro atoms. The Bertz CT molecular complexity index is 418. The number of rotatable bonds is 3. The van der Waals surface area contributed by atoms with E-state index in [0.717, 1.165) is 6.26 Å². The standard InChI is InChI=1S/C8H13NO7S/c1-17(14,15)16-5-2-3-6(7(10)11)9(4-5)8(12)13/h5-6H,2-4H2,1H3,(H,10,11)(H,12,13)/t5-,6-/m1/s1. The summed E-state index contributed by atoms with van der Waals surface area (Å²) in [7, 11) is -3.68. The molecule has 2 N–H and O–H groups in total. The Hall–Kier alpha value is -1.35. The molecule has 1 aliphatic heterocycles. The van der Waals surface area contributed by atoms with Crippen LogP contribution in [0.25, 0.3) is 0 Å². The van der Waals surface area contributed by atoms with Crippen LogP contribution < -0.4 is 0 Å². The third-order valence-electron chi connectivity index (χ3n) is 2.38. The number of hydrogen-bond acceptors (Lipinski definition) is 5. The van der Waals surface area contributed by atoms with E-state index in [9.17, 15) is 18.0 Å². The Balaban J connectivity index is 2.75. The number of piperidine rings is 1. The Morgan fingerprint density at radius 1 is 1.29 bits per heavy atom. The van der Waals surface area contributed by atoms with E-state index in [1.165, 1.54) is 0 Å². The summed E-state index contributed by atoms with van der Waals surface area (Å²) >= 11 is 0. The highest BCUT2D eigenvalue weighted by molar-refractivity contribution is 7.86. The molecule has 98 valence electrons. The predicted molar refractivity (Wildman–Crippen MR) is 55.1 cm³/mol. The minimum atomic E-state index is -3.68. The van der Waals surface area contributed by atoms with Crippen LogP contribution in [0.4, 0.5) is 4.79 Å². The molecule has 1 saturated heterocycles. The highest BCUT2D eigenvalue weighted by Gasteiger charge is 2.37. The molecule has 0 aromatic rings.